The van der Waals surface area contributed by atoms with Gasteiger partial charge in [-0.05, 0) is 37.1 Å². The summed E-state index contributed by atoms with van der Waals surface area (Å²) in [6.45, 7) is 8.12. The topological polar surface area (TPSA) is 34.9 Å². The van der Waals surface area contributed by atoms with E-state index in [1.807, 2.05) is 13.8 Å². The van der Waals surface area contributed by atoms with Crippen molar-refractivity contribution < 1.29 is 4.39 Å². The van der Waals surface area contributed by atoms with E-state index in [2.05, 4.69) is 6.58 Å². The lowest BCUT2D eigenvalue weighted by Crippen LogP contribution is -2.22. The van der Waals surface area contributed by atoms with Gasteiger partial charge in [0.2, 0.25) is 0 Å². The molecule has 1 aromatic carbocycles. The van der Waals surface area contributed by atoms with Crippen molar-refractivity contribution in [1.29, 1.82) is 0 Å². The molecule has 124 valence electrons. The first-order valence-electron chi connectivity index (χ1n) is 7.50. The second kappa shape index (κ2) is 6.91. The molecule has 0 bridgehead atoms. The lowest BCUT2D eigenvalue weighted by Gasteiger charge is -2.10. The molecule has 0 saturated heterocycles. The number of thiophene rings is 1. The monoisotopic (exact) mass is 360 g/mol. The Morgan fingerprint density at radius 3 is 2.71 bits per heavy atom. The molecule has 0 saturated carbocycles. The Morgan fingerprint density at radius 1 is 1.33 bits per heavy atom. The van der Waals surface area contributed by atoms with Gasteiger partial charge in [0.15, 0.2) is 5.16 Å². The molecular formula is C18H17FN2OS2. The van der Waals surface area contributed by atoms with Crippen LogP contribution in [0.25, 0.3) is 10.2 Å². The highest BCUT2D eigenvalue weighted by atomic mass is 32.2. The van der Waals surface area contributed by atoms with E-state index in [-0.39, 0.29) is 11.4 Å². The number of hydrogen-bond donors (Lipinski definition) is 0. The van der Waals surface area contributed by atoms with Gasteiger partial charge < -0.3 is 0 Å². The van der Waals surface area contributed by atoms with Gasteiger partial charge in [-0.25, -0.2) is 9.37 Å². The summed E-state index contributed by atoms with van der Waals surface area (Å²) in [6, 6.07) is 6.37. The molecule has 0 N–H and O–H groups in total. The number of halogens is 1. The Balaban J connectivity index is 2.02. The molecule has 6 heteroatoms. The molecular weight excluding hydrogens is 343 g/mol. The van der Waals surface area contributed by atoms with Crippen LogP contribution >= 0.6 is 23.1 Å². The Hall–Kier alpha value is -1.92. The minimum Gasteiger partial charge on any atom is -0.283 e. The standard InChI is InChI=1S/C18H17FN2OS2/c1-4-9-21-17(22)15-11(2)12(3)24-16(15)20-18(21)23-10-13-5-7-14(19)8-6-13/h4-8H,1,9-10H2,2-3H3. The zero-order valence-corrected chi connectivity index (χ0v) is 15.1. The van der Waals surface area contributed by atoms with E-state index in [1.54, 1.807) is 34.1 Å². The molecule has 24 heavy (non-hydrogen) atoms. The van der Waals surface area contributed by atoms with Crippen LogP contribution in [0.5, 0.6) is 0 Å². The van der Waals surface area contributed by atoms with Gasteiger partial charge >= 0.3 is 0 Å². The van der Waals surface area contributed by atoms with Crippen LogP contribution in [0.3, 0.4) is 0 Å². The normalized spacial score (nSPS) is 11.1. The largest absolute Gasteiger partial charge is 0.283 e. The van der Waals surface area contributed by atoms with Crippen molar-refractivity contribution in [3.05, 3.63) is 69.1 Å². The van der Waals surface area contributed by atoms with Crippen molar-refractivity contribution in [1.82, 2.24) is 9.55 Å². The maximum absolute atomic E-state index is 13.0. The maximum Gasteiger partial charge on any atom is 0.263 e. The number of nitrogens with zero attached hydrogens (tertiary/aromatic N) is 2. The summed E-state index contributed by atoms with van der Waals surface area (Å²) in [4.78, 5) is 19.4. The lowest BCUT2D eigenvalue weighted by molar-refractivity contribution is 0.627. The van der Waals surface area contributed by atoms with Crippen LogP contribution in [0.1, 0.15) is 16.0 Å². The summed E-state index contributed by atoms with van der Waals surface area (Å²) < 4.78 is 14.7. The van der Waals surface area contributed by atoms with E-state index in [4.69, 9.17) is 4.98 Å². The van der Waals surface area contributed by atoms with E-state index in [1.165, 1.54) is 23.9 Å². The third-order valence-electron chi connectivity index (χ3n) is 3.85. The van der Waals surface area contributed by atoms with Crippen LogP contribution in [0.4, 0.5) is 4.39 Å². The van der Waals surface area contributed by atoms with Gasteiger partial charge in [-0.15, -0.1) is 17.9 Å². The number of thioether (sulfide) groups is 1. The minimum absolute atomic E-state index is 0.0247. The number of rotatable bonds is 5. The number of benzene rings is 1. The average Bonchev–Trinajstić information content (AvgIpc) is 2.85. The fourth-order valence-electron chi connectivity index (χ4n) is 2.44. The first kappa shape index (κ1) is 16.9. The minimum atomic E-state index is -0.253. The highest BCUT2D eigenvalue weighted by Crippen LogP contribution is 2.29. The summed E-state index contributed by atoms with van der Waals surface area (Å²) >= 11 is 3.02. The van der Waals surface area contributed by atoms with Crippen molar-refractivity contribution in [2.24, 2.45) is 0 Å². The van der Waals surface area contributed by atoms with E-state index in [0.717, 1.165) is 20.8 Å². The molecule has 3 aromatic rings. The van der Waals surface area contributed by atoms with Gasteiger partial charge in [-0.2, -0.15) is 0 Å². The van der Waals surface area contributed by atoms with E-state index < -0.39 is 0 Å². The van der Waals surface area contributed by atoms with Gasteiger partial charge in [0.1, 0.15) is 10.6 Å². The van der Waals surface area contributed by atoms with Gasteiger partial charge in [0.25, 0.3) is 5.56 Å². The van der Waals surface area contributed by atoms with Crippen LogP contribution in [0.15, 0.2) is 46.9 Å². The molecule has 3 nitrogen and oxygen atoms in total. The van der Waals surface area contributed by atoms with Crippen molar-refractivity contribution >= 4 is 33.3 Å². The highest BCUT2D eigenvalue weighted by Gasteiger charge is 2.16. The molecule has 0 spiro atoms. The SMILES string of the molecule is C=CCn1c(SCc2ccc(F)cc2)nc2sc(C)c(C)c2c1=O. The van der Waals surface area contributed by atoms with Crippen LogP contribution in [0.2, 0.25) is 0 Å². The molecule has 0 aliphatic heterocycles. The van der Waals surface area contributed by atoms with E-state index in [0.29, 0.717) is 22.8 Å². The van der Waals surface area contributed by atoms with Crippen LogP contribution in [-0.4, -0.2) is 9.55 Å². The zero-order valence-electron chi connectivity index (χ0n) is 13.5. The summed E-state index contributed by atoms with van der Waals surface area (Å²) in [7, 11) is 0. The van der Waals surface area contributed by atoms with Crippen molar-refractivity contribution in [2.75, 3.05) is 0 Å². The Labute approximate surface area is 147 Å². The smallest absolute Gasteiger partial charge is 0.263 e. The third-order valence-corrected chi connectivity index (χ3v) is 6.00. The zero-order chi connectivity index (χ0) is 17.3. The van der Waals surface area contributed by atoms with Crippen molar-refractivity contribution in [2.45, 2.75) is 31.3 Å². The van der Waals surface area contributed by atoms with Crippen LogP contribution in [0, 0.1) is 19.7 Å². The highest BCUT2D eigenvalue weighted by molar-refractivity contribution is 7.98. The van der Waals surface area contributed by atoms with Crippen LogP contribution < -0.4 is 5.56 Å². The molecule has 3 rings (SSSR count). The van der Waals surface area contributed by atoms with Crippen molar-refractivity contribution in [3.63, 3.8) is 0 Å². The molecule has 2 heterocycles. The Morgan fingerprint density at radius 2 is 2.04 bits per heavy atom. The summed E-state index contributed by atoms with van der Waals surface area (Å²) in [5, 5.41) is 1.36. The second-order valence-corrected chi connectivity index (χ2v) is 7.62. The molecule has 2 aromatic heterocycles. The van der Waals surface area contributed by atoms with Crippen molar-refractivity contribution in [3.8, 4) is 0 Å². The Bertz CT molecular complexity index is 958. The number of allylic oxidation sites excluding steroid dienone is 1. The molecule has 0 amide bonds. The molecule has 0 aliphatic carbocycles. The predicted molar refractivity (Wildman–Crippen MR) is 99.5 cm³/mol. The third kappa shape index (κ3) is 3.16. The average molecular weight is 360 g/mol. The molecule has 0 unspecified atom stereocenters. The van der Waals surface area contributed by atoms with Gasteiger partial charge in [-0.3, -0.25) is 9.36 Å². The summed E-state index contributed by atoms with van der Waals surface area (Å²) in [6.07, 6.45) is 1.70. The molecule has 0 radical (unpaired) electrons. The van der Waals surface area contributed by atoms with E-state index >= 15 is 0 Å². The lowest BCUT2D eigenvalue weighted by atomic mass is 10.2. The number of aromatic nitrogens is 2. The quantitative estimate of drug-likeness (QED) is 0.376. The fourth-order valence-corrected chi connectivity index (χ4v) is 4.47. The van der Waals surface area contributed by atoms with Gasteiger partial charge in [-0.1, -0.05) is 30.0 Å². The van der Waals surface area contributed by atoms with Crippen LogP contribution in [-0.2, 0) is 12.3 Å². The first-order valence-corrected chi connectivity index (χ1v) is 9.30. The van der Waals surface area contributed by atoms with Gasteiger partial charge in [0.05, 0.1) is 5.39 Å². The fraction of sp³-hybridized carbons (Fsp3) is 0.222. The number of hydrogen-bond acceptors (Lipinski definition) is 4. The first-order chi connectivity index (χ1) is 11.5. The predicted octanol–water partition coefficient (Wildman–Crippen LogP) is 4.69. The summed E-state index contributed by atoms with van der Waals surface area (Å²) in [5.74, 6) is 0.370. The molecule has 0 atom stereocenters. The summed E-state index contributed by atoms with van der Waals surface area (Å²) in [5.41, 5.74) is 1.96. The molecule has 0 aliphatic rings. The maximum atomic E-state index is 13.0. The number of aryl methyl sites for hydroxylation is 2. The second-order valence-electron chi connectivity index (χ2n) is 5.48. The Kier molecular flexibility index (Phi) is 4.87. The molecule has 0 fully saturated rings. The number of fused-ring (bicyclic) bond motifs is 1. The van der Waals surface area contributed by atoms with E-state index in [9.17, 15) is 9.18 Å². The van der Waals surface area contributed by atoms with Gasteiger partial charge in [0, 0.05) is 17.2 Å².